The molecule has 1 heterocycles. The number of benzene rings is 3. The van der Waals surface area contributed by atoms with Crippen molar-refractivity contribution in [2.45, 2.75) is 18.0 Å². The highest BCUT2D eigenvalue weighted by Crippen LogP contribution is 2.27. The number of halogens is 2. The van der Waals surface area contributed by atoms with Crippen LogP contribution in [0.2, 0.25) is 10.0 Å². The van der Waals surface area contributed by atoms with E-state index in [1.165, 1.54) is 48.0 Å². The number of nitrogens with zero attached hydrogens (tertiary/aromatic N) is 2. The number of amides is 2. The number of sulfonamides is 1. The Kier molecular flexibility index (Phi) is 9.79. The monoisotopic (exact) mass is 614 g/mol. The molecule has 0 spiro atoms. The quantitative estimate of drug-likeness (QED) is 0.146. The van der Waals surface area contributed by atoms with Gasteiger partial charge in [-0.2, -0.15) is 9.41 Å². The summed E-state index contributed by atoms with van der Waals surface area (Å²) in [6.07, 6.45) is 1.18. The van der Waals surface area contributed by atoms with Gasteiger partial charge in [0.05, 0.1) is 30.5 Å². The zero-order chi connectivity index (χ0) is 29.4. The summed E-state index contributed by atoms with van der Waals surface area (Å²) in [5.41, 5.74) is 3.11. The molecule has 0 atom stereocenters. The third-order valence-electron chi connectivity index (χ3n) is 5.64. The predicted octanol–water partition coefficient (Wildman–Crippen LogP) is 5.07. The van der Waals surface area contributed by atoms with E-state index in [4.69, 9.17) is 32.4 Å². The molecule has 0 fully saturated rings. The average molecular weight is 615 g/mol. The van der Waals surface area contributed by atoms with Crippen molar-refractivity contribution in [3.05, 3.63) is 112 Å². The summed E-state index contributed by atoms with van der Waals surface area (Å²) in [7, 11) is -2.50. The fourth-order valence-corrected chi connectivity index (χ4v) is 5.35. The standard InChI is InChI=1S/C28H24Cl2N4O6S/c1-39-26-14-9-21(30)15-25(26)32-27(35)28(36)33-31-16-22-10-11-23(40-22)18-34(17-19-5-3-2-4-6-19)41(37,38)24-12-7-20(29)8-13-24/h2-16H,17-18H2,1H3,(H,32,35)(H,33,36)/b31-16+. The van der Waals surface area contributed by atoms with Gasteiger partial charge in [0.15, 0.2) is 0 Å². The number of ether oxygens (including phenoxy) is 1. The first-order valence-electron chi connectivity index (χ1n) is 12.0. The highest BCUT2D eigenvalue weighted by molar-refractivity contribution is 7.89. The van der Waals surface area contributed by atoms with Gasteiger partial charge < -0.3 is 14.5 Å². The van der Waals surface area contributed by atoms with Crippen LogP contribution in [0.4, 0.5) is 5.69 Å². The smallest absolute Gasteiger partial charge is 0.329 e. The summed E-state index contributed by atoms with van der Waals surface area (Å²) in [5.74, 6) is -1.16. The van der Waals surface area contributed by atoms with Crippen LogP contribution in [-0.2, 0) is 32.7 Å². The molecule has 212 valence electrons. The molecular weight excluding hydrogens is 591 g/mol. The van der Waals surface area contributed by atoms with Crippen molar-refractivity contribution in [3.63, 3.8) is 0 Å². The fourth-order valence-electron chi connectivity index (χ4n) is 3.65. The summed E-state index contributed by atoms with van der Waals surface area (Å²) in [6.45, 7) is 0.0163. The van der Waals surface area contributed by atoms with Crippen molar-refractivity contribution in [2.24, 2.45) is 5.10 Å². The van der Waals surface area contributed by atoms with Crippen LogP contribution in [0.3, 0.4) is 0 Å². The minimum absolute atomic E-state index is 0.0794. The zero-order valence-corrected chi connectivity index (χ0v) is 23.9. The summed E-state index contributed by atoms with van der Waals surface area (Å²) < 4.78 is 39.1. The van der Waals surface area contributed by atoms with Crippen LogP contribution in [0.25, 0.3) is 0 Å². The first-order chi connectivity index (χ1) is 19.7. The largest absolute Gasteiger partial charge is 0.495 e. The maximum Gasteiger partial charge on any atom is 0.329 e. The first-order valence-corrected chi connectivity index (χ1v) is 14.2. The maximum atomic E-state index is 13.5. The number of carbonyl (C=O) groups excluding carboxylic acids is 2. The lowest BCUT2D eigenvalue weighted by Gasteiger charge is -2.21. The molecule has 1 aromatic heterocycles. The lowest BCUT2D eigenvalue weighted by Crippen LogP contribution is -2.32. The van der Waals surface area contributed by atoms with Gasteiger partial charge in [0.2, 0.25) is 10.0 Å². The van der Waals surface area contributed by atoms with E-state index in [0.717, 1.165) is 5.56 Å². The highest BCUT2D eigenvalue weighted by atomic mass is 35.5. The number of nitrogens with one attached hydrogen (secondary N) is 2. The molecule has 0 saturated heterocycles. The molecule has 0 radical (unpaired) electrons. The number of hydrogen-bond acceptors (Lipinski definition) is 7. The van der Waals surface area contributed by atoms with Crippen LogP contribution < -0.4 is 15.5 Å². The second-order valence-electron chi connectivity index (χ2n) is 8.51. The van der Waals surface area contributed by atoms with Crippen LogP contribution in [0.1, 0.15) is 17.1 Å². The van der Waals surface area contributed by atoms with E-state index in [-0.39, 0.29) is 29.4 Å². The maximum absolute atomic E-state index is 13.5. The molecule has 13 heteroatoms. The molecule has 0 aliphatic heterocycles. The summed E-state index contributed by atoms with van der Waals surface area (Å²) in [6, 6.07) is 22.8. The second-order valence-corrected chi connectivity index (χ2v) is 11.3. The number of anilines is 1. The number of furan rings is 1. The number of rotatable bonds is 10. The van der Waals surface area contributed by atoms with E-state index in [9.17, 15) is 18.0 Å². The Labute approximate surface area is 246 Å². The van der Waals surface area contributed by atoms with Crippen molar-refractivity contribution in [1.29, 1.82) is 0 Å². The van der Waals surface area contributed by atoms with E-state index in [2.05, 4.69) is 15.8 Å². The van der Waals surface area contributed by atoms with E-state index < -0.39 is 21.8 Å². The molecule has 0 aliphatic carbocycles. The number of hydrogen-bond donors (Lipinski definition) is 2. The highest BCUT2D eigenvalue weighted by Gasteiger charge is 2.26. The van der Waals surface area contributed by atoms with Gasteiger partial charge in [-0.25, -0.2) is 13.8 Å². The topological polar surface area (TPSA) is 130 Å². The van der Waals surface area contributed by atoms with Crippen LogP contribution in [0.5, 0.6) is 5.75 Å². The molecule has 4 rings (SSSR count). The Morgan fingerprint density at radius 2 is 1.63 bits per heavy atom. The van der Waals surface area contributed by atoms with Crippen molar-refractivity contribution >= 4 is 56.9 Å². The van der Waals surface area contributed by atoms with Gasteiger partial charge in [-0.15, -0.1) is 0 Å². The molecule has 0 saturated carbocycles. The lowest BCUT2D eigenvalue weighted by molar-refractivity contribution is -0.136. The lowest BCUT2D eigenvalue weighted by atomic mass is 10.2. The van der Waals surface area contributed by atoms with Gasteiger partial charge in [-0.05, 0) is 60.2 Å². The predicted molar refractivity (Wildman–Crippen MR) is 155 cm³/mol. The Hall–Kier alpha value is -4.16. The normalized spacial score (nSPS) is 11.5. The summed E-state index contributed by atoms with van der Waals surface area (Å²) in [4.78, 5) is 24.5. The molecule has 0 bridgehead atoms. The molecule has 10 nitrogen and oxygen atoms in total. The van der Waals surface area contributed by atoms with E-state index >= 15 is 0 Å². The van der Waals surface area contributed by atoms with E-state index in [1.54, 1.807) is 24.3 Å². The van der Waals surface area contributed by atoms with Gasteiger partial charge in [0, 0.05) is 16.6 Å². The van der Waals surface area contributed by atoms with Crippen LogP contribution in [0, 0.1) is 0 Å². The molecule has 0 aliphatic rings. The third-order valence-corrected chi connectivity index (χ3v) is 7.93. The van der Waals surface area contributed by atoms with Crippen molar-refractivity contribution in [3.8, 4) is 5.75 Å². The van der Waals surface area contributed by atoms with E-state index in [0.29, 0.717) is 21.6 Å². The minimum atomic E-state index is -3.91. The van der Waals surface area contributed by atoms with Gasteiger partial charge >= 0.3 is 11.8 Å². The molecular formula is C28H24Cl2N4O6S. The van der Waals surface area contributed by atoms with Gasteiger partial charge in [0.25, 0.3) is 0 Å². The SMILES string of the molecule is COc1ccc(Cl)cc1NC(=O)C(=O)N/N=C/c1ccc(CN(Cc2ccccc2)S(=O)(=O)c2ccc(Cl)cc2)o1. The van der Waals surface area contributed by atoms with Crippen LogP contribution in [0.15, 0.2) is 99.3 Å². The number of methoxy groups -OCH3 is 1. The van der Waals surface area contributed by atoms with Crippen molar-refractivity contribution < 1.29 is 27.2 Å². The Balaban J connectivity index is 1.43. The van der Waals surface area contributed by atoms with Gasteiger partial charge in [0.1, 0.15) is 17.3 Å². The number of hydrazone groups is 1. The fraction of sp³-hybridized carbons (Fsp3) is 0.107. The molecule has 41 heavy (non-hydrogen) atoms. The first kappa shape index (κ1) is 29.8. The molecule has 2 N–H and O–H groups in total. The van der Waals surface area contributed by atoms with Crippen LogP contribution in [-0.4, -0.2) is 37.9 Å². The van der Waals surface area contributed by atoms with Crippen molar-refractivity contribution in [1.82, 2.24) is 9.73 Å². The Bertz CT molecular complexity index is 1660. The average Bonchev–Trinajstić information content (AvgIpc) is 3.40. The molecule has 3 aromatic carbocycles. The van der Waals surface area contributed by atoms with Crippen LogP contribution >= 0.6 is 23.2 Å². The molecule has 4 aromatic rings. The van der Waals surface area contributed by atoms with Gasteiger partial charge in [-0.3, -0.25) is 9.59 Å². The Morgan fingerprint density at radius 1 is 0.927 bits per heavy atom. The minimum Gasteiger partial charge on any atom is -0.495 e. The summed E-state index contributed by atoms with van der Waals surface area (Å²) in [5, 5.41) is 6.91. The Morgan fingerprint density at radius 3 is 2.34 bits per heavy atom. The summed E-state index contributed by atoms with van der Waals surface area (Å²) >= 11 is 11.9. The second kappa shape index (κ2) is 13.5. The zero-order valence-electron chi connectivity index (χ0n) is 21.6. The number of carbonyl (C=O) groups is 2. The van der Waals surface area contributed by atoms with E-state index in [1.807, 2.05) is 30.3 Å². The molecule has 0 unspecified atom stereocenters. The third kappa shape index (κ3) is 7.95. The van der Waals surface area contributed by atoms with Gasteiger partial charge in [-0.1, -0.05) is 53.5 Å². The van der Waals surface area contributed by atoms with Crippen molar-refractivity contribution in [2.75, 3.05) is 12.4 Å². The molecule has 2 amide bonds.